The molecule has 2 heterocycles. The summed E-state index contributed by atoms with van der Waals surface area (Å²) in [6.45, 7) is 7.09. The second-order valence-electron chi connectivity index (χ2n) is 6.14. The van der Waals surface area contributed by atoms with Crippen molar-refractivity contribution in [3.63, 3.8) is 0 Å². The topological polar surface area (TPSA) is 43.4 Å². The van der Waals surface area contributed by atoms with E-state index in [0.717, 1.165) is 29.6 Å². The van der Waals surface area contributed by atoms with E-state index in [1.54, 1.807) is 0 Å². The highest BCUT2D eigenvalue weighted by Crippen LogP contribution is 2.18. The number of nitrogens with zero attached hydrogens (tertiary/aromatic N) is 1. The molecule has 1 aliphatic rings. The predicted octanol–water partition coefficient (Wildman–Crippen LogP) is 2.52. The zero-order valence-electron chi connectivity index (χ0n) is 12.6. The number of aromatic nitrogens is 1. The van der Waals surface area contributed by atoms with E-state index in [4.69, 9.17) is 9.47 Å². The summed E-state index contributed by atoms with van der Waals surface area (Å²) in [6.07, 6.45) is 1.93. The Labute approximate surface area is 125 Å². The van der Waals surface area contributed by atoms with Gasteiger partial charge in [-0.3, -0.25) is 4.98 Å². The van der Waals surface area contributed by atoms with Gasteiger partial charge in [0.05, 0.1) is 30.4 Å². The zero-order valence-corrected chi connectivity index (χ0v) is 12.6. The van der Waals surface area contributed by atoms with Crippen molar-refractivity contribution in [1.82, 2.24) is 10.3 Å². The highest BCUT2D eigenvalue weighted by Gasteiger charge is 2.28. The summed E-state index contributed by atoms with van der Waals surface area (Å²) in [6, 6.07) is 10.2. The first-order valence-corrected chi connectivity index (χ1v) is 7.43. The Morgan fingerprint density at radius 2 is 2.19 bits per heavy atom. The SMILES string of the molecule is CC1(C)CNCC(COCc2cccc3cccnc23)O1. The van der Waals surface area contributed by atoms with Crippen molar-refractivity contribution < 1.29 is 9.47 Å². The van der Waals surface area contributed by atoms with Crippen molar-refractivity contribution in [1.29, 1.82) is 0 Å². The third-order valence-electron chi connectivity index (χ3n) is 3.69. The second-order valence-corrected chi connectivity index (χ2v) is 6.14. The Morgan fingerprint density at radius 1 is 1.33 bits per heavy atom. The Hall–Kier alpha value is -1.49. The molecule has 1 fully saturated rings. The highest BCUT2D eigenvalue weighted by atomic mass is 16.5. The molecule has 4 nitrogen and oxygen atoms in total. The molecule has 0 spiro atoms. The fraction of sp³-hybridized carbons (Fsp3) is 0.471. The van der Waals surface area contributed by atoms with Crippen LogP contribution in [0, 0.1) is 0 Å². The van der Waals surface area contributed by atoms with E-state index in [-0.39, 0.29) is 11.7 Å². The van der Waals surface area contributed by atoms with Gasteiger partial charge < -0.3 is 14.8 Å². The van der Waals surface area contributed by atoms with E-state index in [2.05, 4.69) is 42.3 Å². The average Bonchev–Trinajstić information content (AvgIpc) is 2.46. The van der Waals surface area contributed by atoms with Crippen LogP contribution in [0.1, 0.15) is 19.4 Å². The van der Waals surface area contributed by atoms with E-state index < -0.39 is 0 Å². The van der Waals surface area contributed by atoms with Gasteiger partial charge in [0.1, 0.15) is 0 Å². The normalized spacial score (nSPS) is 21.5. The average molecular weight is 286 g/mol. The van der Waals surface area contributed by atoms with Crippen LogP contribution in [0.4, 0.5) is 0 Å². The predicted molar refractivity (Wildman–Crippen MR) is 83.2 cm³/mol. The lowest BCUT2D eigenvalue weighted by molar-refractivity contribution is -0.122. The monoisotopic (exact) mass is 286 g/mol. The molecule has 1 N–H and O–H groups in total. The first-order valence-electron chi connectivity index (χ1n) is 7.43. The lowest BCUT2D eigenvalue weighted by Crippen LogP contribution is -2.51. The Morgan fingerprint density at radius 3 is 3.05 bits per heavy atom. The molecule has 0 radical (unpaired) electrons. The van der Waals surface area contributed by atoms with Gasteiger partial charge in [0.2, 0.25) is 0 Å². The summed E-state index contributed by atoms with van der Waals surface area (Å²) in [5.41, 5.74) is 2.02. The van der Waals surface area contributed by atoms with Crippen LogP contribution in [0.2, 0.25) is 0 Å². The number of fused-ring (bicyclic) bond motifs is 1. The minimum atomic E-state index is -0.118. The van der Waals surface area contributed by atoms with Crippen LogP contribution in [0.15, 0.2) is 36.5 Å². The summed E-state index contributed by atoms with van der Waals surface area (Å²) in [5, 5.41) is 4.53. The third-order valence-corrected chi connectivity index (χ3v) is 3.69. The van der Waals surface area contributed by atoms with Gasteiger partial charge in [-0.15, -0.1) is 0 Å². The molecule has 1 unspecified atom stereocenters. The van der Waals surface area contributed by atoms with E-state index >= 15 is 0 Å². The second kappa shape index (κ2) is 6.10. The summed E-state index contributed by atoms with van der Waals surface area (Å²) in [4.78, 5) is 4.45. The van der Waals surface area contributed by atoms with Gasteiger partial charge in [0, 0.05) is 30.2 Å². The molecule has 0 amide bonds. The van der Waals surface area contributed by atoms with Gasteiger partial charge in [0.15, 0.2) is 0 Å². The van der Waals surface area contributed by atoms with Crippen molar-refractivity contribution in [2.45, 2.75) is 32.2 Å². The largest absolute Gasteiger partial charge is 0.374 e. The van der Waals surface area contributed by atoms with Crippen molar-refractivity contribution in [2.24, 2.45) is 0 Å². The van der Waals surface area contributed by atoms with Crippen molar-refractivity contribution in [3.05, 3.63) is 42.1 Å². The molecule has 1 aliphatic heterocycles. The number of benzene rings is 1. The maximum atomic E-state index is 6.00. The summed E-state index contributed by atoms with van der Waals surface area (Å²) < 4.78 is 11.9. The smallest absolute Gasteiger partial charge is 0.0940 e. The fourth-order valence-corrected chi connectivity index (χ4v) is 2.75. The minimum absolute atomic E-state index is 0.108. The first-order chi connectivity index (χ1) is 10.1. The number of pyridine rings is 1. The number of hydrogen-bond acceptors (Lipinski definition) is 4. The number of ether oxygens (including phenoxy) is 2. The maximum absolute atomic E-state index is 6.00. The summed E-state index contributed by atoms with van der Waals surface area (Å²) >= 11 is 0. The zero-order chi connectivity index (χ0) is 14.7. The Balaban J connectivity index is 1.60. The first kappa shape index (κ1) is 14.4. The van der Waals surface area contributed by atoms with Crippen molar-refractivity contribution >= 4 is 10.9 Å². The molecule has 1 saturated heterocycles. The van der Waals surface area contributed by atoms with Crippen LogP contribution in [0.25, 0.3) is 10.9 Å². The molecule has 0 bridgehead atoms. The molecule has 0 aliphatic carbocycles. The van der Waals surface area contributed by atoms with Gasteiger partial charge in [-0.1, -0.05) is 24.3 Å². The molecule has 112 valence electrons. The van der Waals surface area contributed by atoms with Crippen molar-refractivity contribution in [2.75, 3.05) is 19.7 Å². The molecule has 2 aromatic rings. The quantitative estimate of drug-likeness (QED) is 0.938. The van der Waals surface area contributed by atoms with Crippen LogP contribution >= 0.6 is 0 Å². The van der Waals surface area contributed by atoms with Crippen LogP contribution in [-0.4, -0.2) is 36.4 Å². The molecular weight excluding hydrogens is 264 g/mol. The Bertz CT molecular complexity index is 607. The molecule has 21 heavy (non-hydrogen) atoms. The van der Waals surface area contributed by atoms with E-state index in [1.807, 2.05) is 18.3 Å². The van der Waals surface area contributed by atoms with Crippen LogP contribution in [0.5, 0.6) is 0 Å². The molecular formula is C17H22N2O2. The van der Waals surface area contributed by atoms with Crippen LogP contribution in [-0.2, 0) is 16.1 Å². The molecule has 0 saturated carbocycles. The molecule has 1 atom stereocenters. The minimum Gasteiger partial charge on any atom is -0.374 e. The van der Waals surface area contributed by atoms with E-state index in [1.165, 1.54) is 0 Å². The van der Waals surface area contributed by atoms with Gasteiger partial charge >= 0.3 is 0 Å². The molecule has 1 aromatic heterocycles. The lowest BCUT2D eigenvalue weighted by atomic mass is 10.1. The van der Waals surface area contributed by atoms with Crippen LogP contribution < -0.4 is 5.32 Å². The number of nitrogens with one attached hydrogen (secondary N) is 1. The lowest BCUT2D eigenvalue weighted by Gasteiger charge is -2.36. The summed E-state index contributed by atoms with van der Waals surface area (Å²) in [7, 11) is 0. The third kappa shape index (κ3) is 3.59. The highest BCUT2D eigenvalue weighted by molar-refractivity contribution is 5.81. The Kier molecular flexibility index (Phi) is 4.19. The van der Waals surface area contributed by atoms with Crippen LogP contribution in [0.3, 0.4) is 0 Å². The molecule has 3 rings (SSSR count). The number of hydrogen-bond donors (Lipinski definition) is 1. The molecule has 1 aromatic carbocycles. The van der Waals surface area contributed by atoms with E-state index in [0.29, 0.717) is 13.2 Å². The number of para-hydroxylation sites is 1. The number of morpholine rings is 1. The van der Waals surface area contributed by atoms with Crippen molar-refractivity contribution in [3.8, 4) is 0 Å². The van der Waals surface area contributed by atoms with Gasteiger partial charge in [0.25, 0.3) is 0 Å². The maximum Gasteiger partial charge on any atom is 0.0940 e. The van der Waals surface area contributed by atoms with Gasteiger partial charge in [-0.05, 0) is 19.9 Å². The standard InChI is InChI=1S/C17H22N2O2/c1-17(2)12-18-9-15(21-17)11-20-10-14-6-3-5-13-7-4-8-19-16(13)14/h3-8,15,18H,9-12H2,1-2H3. The van der Waals surface area contributed by atoms with Gasteiger partial charge in [-0.2, -0.15) is 0 Å². The molecule has 4 heteroatoms. The summed E-state index contributed by atoms with van der Waals surface area (Å²) in [5.74, 6) is 0. The van der Waals surface area contributed by atoms with E-state index in [9.17, 15) is 0 Å². The van der Waals surface area contributed by atoms with Gasteiger partial charge in [-0.25, -0.2) is 0 Å². The number of rotatable bonds is 4. The fourth-order valence-electron chi connectivity index (χ4n) is 2.75.